The molecule has 4 rings (SSSR count). The van der Waals surface area contributed by atoms with Gasteiger partial charge in [-0.2, -0.15) is 5.10 Å². The van der Waals surface area contributed by atoms with E-state index in [-0.39, 0.29) is 0 Å². The number of nitrogens with one attached hydrogen (secondary N) is 3. The maximum absolute atomic E-state index is 4.90. The van der Waals surface area contributed by atoms with Crippen LogP contribution >= 0.6 is 0 Å². The van der Waals surface area contributed by atoms with Gasteiger partial charge in [0.15, 0.2) is 0 Å². The molecule has 0 bridgehead atoms. The third kappa shape index (κ3) is 3.42. The van der Waals surface area contributed by atoms with Crippen LogP contribution < -0.4 is 10.6 Å². The highest BCUT2D eigenvalue weighted by atomic mass is 15.1. The Morgan fingerprint density at radius 1 is 1.19 bits per heavy atom. The predicted octanol–water partition coefficient (Wildman–Crippen LogP) is 4.38. The highest BCUT2D eigenvalue weighted by molar-refractivity contribution is 5.82. The Bertz CT molecular complexity index is 900. The van der Waals surface area contributed by atoms with Gasteiger partial charge in [-0.3, -0.25) is 5.10 Å². The molecule has 0 spiro atoms. The van der Waals surface area contributed by atoms with Gasteiger partial charge in [-0.05, 0) is 24.6 Å². The zero-order valence-electron chi connectivity index (χ0n) is 15.5. The number of unbranched alkanes of at least 4 members (excludes halogenated alkanes) is 2. The molecule has 136 valence electrons. The lowest BCUT2D eigenvalue weighted by Crippen LogP contribution is -2.08. The van der Waals surface area contributed by atoms with Crippen molar-refractivity contribution in [2.45, 2.75) is 58.5 Å². The van der Waals surface area contributed by atoms with Gasteiger partial charge in [0.1, 0.15) is 11.6 Å². The maximum Gasteiger partial charge on any atom is 0.138 e. The van der Waals surface area contributed by atoms with E-state index in [0.29, 0.717) is 5.92 Å². The lowest BCUT2D eigenvalue weighted by Gasteiger charge is -2.15. The molecule has 1 unspecified atom stereocenters. The molecule has 3 aromatic rings. The number of anilines is 2. The van der Waals surface area contributed by atoms with E-state index in [9.17, 15) is 0 Å². The van der Waals surface area contributed by atoms with Crippen LogP contribution in [0.4, 0.5) is 11.5 Å². The zero-order chi connectivity index (χ0) is 17.9. The van der Waals surface area contributed by atoms with E-state index in [1.807, 2.05) is 12.3 Å². The van der Waals surface area contributed by atoms with Crippen LogP contribution in [0, 0.1) is 0 Å². The van der Waals surface area contributed by atoms with Gasteiger partial charge in [0.2, 0.25) is 0 Å². The maximum atomic E-state index is 4.90. The summed E-state index contributed by atoms with van der Waals surface area (Å²) in [5.74, 6) is 2.26. The molecule has 3 heterocycles. The zero-order valence-corrected chi connectivity index (χ0v) is 15.5. The van der Waals surface area contributed by atoms with E-state index in [4.69, 9.17) is 9.97 Å². The largest absolute Gasteiger partial charge is 0.340 e. The minimum Gasteiger partial charge on any atom is -0.340 e. The molecule has 1 aromatic carbocycles. The second-order valence-corrected chi connectivity index (χ2v) is 7.15. The molecule has 3 N–H and O–H groups in total. The molecule has 1 aliphatic rings. The molecule has 0 saturated carbocycles. The summed E-state index contributed by atoms with van der Waals surface area (Å²) in [6, 6.07) is 6.19. The van der Waals surface area contributed by atoms with Crippen LogP contribution in [0.3, 0.4) is 0 Å². The molecule has 0 saturated heterocycles. The van der Waals surface area contributed by atoms with Crippen LogP contribution in [0.2, 0.25) is 0 Å². The number of hydrogen-bond donors (Lipinski definition) is 3. The van der Waals surface area contributed by atoms with Crippen LogP contribution in [-0.4, -0.2) is 20.2 Å². The van der Waals surface area contributed by atoms with Crippen molar-refractivity contribution in [1.29, 1.82) is 0 Å². The summed E-state index contributed by atoms with van der Waals surface area (Å²) in [4.78, 5) is 9.75. The first-order valence-electron chi connectivity index (χ1n) is 9.55. The van der Waals surface area contributed by atoms with Crippen LogP contribution in [0.15, 0.2) is 24.4 Å². The van der Waals surface area contributed by atoms with E-state index in [1.54, 1.807) is 0 Å². The molecular formula is C20H26N6. The van der Waals surface area contributed by atoms with Crippen molar-refractivity contribution in [3.05, 3.63) is 41.5 Å². The second kappa shape index (κ2) is 7.41. The van der Waals surface area contributed by atoms with Gasteiger partial charge in [0.25, 0.3) is 0 Å². The highest BCUT2D eigenvalue weighted by Crippen LogP contribution is 2.29. The van der Waals surface area contributed by atoms with Crippen LogP contribution in [0.1, 0.15) is 62.5 Å². The number of nitrogens with zero attached hydrogens (tertiary/aromatic N) is 3. The van der Waals surface area contributed by atoms with Gasteiger partial charge < -0.3 is 10.6 Å². The Morgan fingerprint density at radius 3 is 3.00 bits per heavy atom. The normalized spacial score (nSPS) is 14.5. The summed E-state index contributed by atoms with van der Waals surface area (Å²) >= 11 is 0. The summed E-state index contributed by atoms with van der Waals surface area (Å²) in [6.45, 7) is 6.11. The Labute approximate surface area is 153 Å². The van der Waals surface area contributed by atoms with E-state index in [1.165, 1.54) is 24.8 Å². The molecule has 0 radical (unpaired) electrons. The monoisotopic (exact) mass is 350 g/mol. The summed E-state index contributed by atoms with van der Waals surface area (Å²) < 4.78 is 0. The molecule has 6 heteroatoms. The molecular weight excluding hydrogens is 324 g/mol. The standard InChI is InChI=1S/C20H26N6/c1-3-4-5-6-13(2)19-24-18-12-21-11-16(18)20(25-19)23-15-7-8-17-14(9-15)10-22-26-17/h7-10,13,21H,3-6,11-12H2,1-2H3,(H,22,26)(H,23,24,25). The second-order valence-electron chi connectivity index (χ2n) is 7.15. The molecule has 0 fully saturated rings. The number of aromatic amines is 1. The van der Waals surface area contributed by atoms with Gasteiger partial charge in [0, 0.05) is 35.6 Å². The van der Waals surface area contributed by atoms with E-state index < -0.39 is 0 Å². The fourth-order valence-corrected chi connectivity index (χ4v) is 3.50. The van der Waals surface area contributed by atoms with Crippen LogP contribution in [-0.2, 0) is 13.1 Å². The van der Waals surface area contributed by atoms with Crippen molar-refractivity contribution >= 4 is 22.4 Å². The van der Waals surface area contributed by atoms with Crippen molar-refractivity contribution < 1.29 is 0 Å². The predicted molar refractivity (Wildman–Crippen MR) is 105 cm³/mol. The Hall–Kier alpha value is -2.47. The third-order valence-electron chi connectivity index (χ3n) is 5.09. The van der Waals surface area contributed by atoms with Crippen LogP contribution in [0.25, 0.3) is 10.9 Å². The lowest BCUT2D eigenvalue weighted by atomic mass is 10.0. The fourth-order valence-electron chi connectivity index (χ4n) is 3.50. The number of H-pyrrole nitrogens is 1. The smallest absolute Gasteiger partial charge is 0.138 e. The van der Waals surface area contributed by atoms with Gasteiger partial charge in [0.05, 0.1) is 17.4 Å². The number of rotatable bonds is 7. The van der Waals surface area contributed by atoms with E-state index >= 15 is 0 Å². The highest BCUT2D eigenvalue weighted by Gasteiger charge is 2.21. The van der Waals surface area contributed by atoms with Gasteiger partial charge in [-0.25, -0.2) is 9.97 Å². The average molecular weight is 350 g/mol. The van der Waals surface area contributed by atoms with Crippen LogP contribution in [0.5, 0.6) is 0 Å². The van der Waals surface area contributed by atoms with Crippen molar-refractivity contribution in [3.8, 4) is 0 Å². The Morgan fingerprint density at radius 2 is 2.12 bits per heavy atom. The van der Waals surface area contributed by atoms with Crippen molar-refractivity contribution in [3.63, 3.8) is 0 Å². The third-order valence-corrected chi connectivity index (χ3v) is 5.09. The fraction of sp³-hybridized carbons (Fsp3) is 0.450. The number of hydrogen-bond acceptors (Lipinski definition) is 5. The summed E-state index contributed by atoms with van der Waals surface area (Å²) in [7, 11) is 0. The number of benzene rings is 1. The number of aromatic nitrogens is 4. The first kappa shape index (κ1) is 17.0. The lowest BCUT2D eigenvalue weighted by molar-refractivity contribution is 0.573. The van der Waals surface area contributed by atoms with Crippen molar-refractivity contribution in [2.24, 2.45) is 0 Å². The molecule has 26 heavy (non-hydrogen) atoms. The molecule has 1 atom stereocenters. The van der Waals surface area contributed by atoms with Gasteiger partial charge in [-0.15, -0.1) is 0 Å². The molecule has 0 aliphatic carbocycles. The molecule has 1 aliphatic heterocycles. The van der Waals surface area contributed by atoms with Crippen molar-refractivity contribution in [2.75, 3.05) is 5.32 Å². The minimum atomic E-state index is 0.379. The molecule has 0 amide bonds. The quantitative estimate of drug-likeness (QED) is 0.551. The Balaban J connectivity index is 1.61. The van der Waals surface area contributed by atoms with E-state index in [0.717, 1.165) is 53.4 Å². The van der Waals surface area contributed by atoms with Gasteiger partial charge >= 0.3 is 0 Å². The van der Waals surface area contributed by atoms with E-state index in [2.05, 4.69) is 46.8 Å². The topological polar surface area (TPSA) is 78.5 Å². The first-order chi connectivity index (χ1) is 12.7. The molecule has 6 nitrogen and oxygen atoms in total. The summed E-state index contributed by atoms with van der Waals surface area (Å²) in [5.41, 5.74) is 4.37. The Kier molecular flexibility index (Phi) is 4.84. The average Bonchev–Trinajstić information content (AvgIpc) is 3.30. The summed E-state index contributed by atoms with van der Waals surface area (Å²) in [6.07, 6.45) is 6.72. The first-order valence-corrected chi connectivity index (χ1v) is 9.55. The summed E-state index contributed by atoms with van der Waals surface area (Å²) in [5, 5.41) is 15.1. The number of fused-ring (bicyclic) bond motifs is 2. The SMILES string of the molecule is CCCCCC(C)c1nc2c(c(Nc3ccc4[nH]ncc4c3)n1)CNC2. The van der Waals surface area contributed by atoms with Crippen molar-refractivity contribution in [1.82, 2.24) is 25.5 Å². The van der Waals surface area contributed by atoms with Gasteiger partial charge in [-0.1, -0.05) is 33.1 Å². The minimum absolute atomic E-state index is 0.379. The molecule has 2 aromatic heterocycles.